The van der Waals surface area contributed by atoms with Gasteiger partial charge in [-0.1, -0.05) is 18.2 Å². The molecule has 4 aromatic rings. The Morgan fingerprint density at radius 3 is 2.74 bits per heavy atom. The molecule has 2 N–H and O–H groups in total. The van der Waals surface area contributed by atoms with Crippen LogP contribution in [0.25, 0.3) is 5.69 Å². The molecule has 0 amide bonds. The number of anilines is 1. The number of hydrogen-bond acceptors (Lipinski definition) is 5. The Bertz CT molecular complexity index is 1290. The Morgan fingerprint density at radius 1 is 1.03 bits per heavy atom. The van der Waals surface area contributed by atoms with E-state index >= 15 is 0 Å². The summed E-state index contributed by atoms with van der Waals surface area (Å²) in [5, 5.41) is 22.6. The lowest BCUT2D eigenvalue weighted by atomic mass is 9.95. The maximum absolute atomic E-state index is 9.75. The highest BCUT2D eigenvalue weighted by Gasteiger charge is 2.15. The molecule has 0 saturated carbocycles. The highest BCUT2D eigenvalue weighted by atomic mass is 16.3. The van der Waals surface area contributed by atoms with Gasteiger partial charge in [0.1, 0.15) is 5.82 Å². The molecule has 35 heavy (non-hydrogen) atoms. The van der Waals surface area contributed by atoms with Gasteiger partial charge in [0.05, 0.1) is 17.1 Å². The fraction of sp³-hybridized carbons (Fsp3) is 0.393. The van der Waals surface area contributed by atoms with E-state index in [0.717, 1.165) is 66.6 Å². The van der Waals surface area contributed by atoms with Crippen molar-refractivity contribution >= 4 is 5.82 Å². The average molecular weight is 471 g/mol. The number of hydrogen-bond donors (Lipinski definition) is 2. The molecule has 1 atom stereocenters. The van der Waals surface area contributed by atoms with Crippen molar-refractivity contribution in [3.63, 3.8) is 0 Å². The van der Waals surface area contributed by atoms with Crippen molar-refractivity contribution in [2.75, 3.05) is 18.5 Å². The van der Waals surface area contributed by atoms with Crippen LogP contribution in [0.1, 0.15) is 52.7 Å². The molecule has 1 aliphatic heterocycles. The van der Waals surface area contributed by atoms with E-state index in [-0.39, 0.29) is 12.5 Å². The molecule has 0 aliphatic carbocycles. The highest BCUT2D eigenvalue weighted by Crippen LogP contribution is 2.25. The molecule has 7 nitrogen and oxygen atoms in total. The van der Waals surface area contributed by atoms with Gasteiger partial charge in [0.25, 0.3) is 0 Å². The molecule has 7 heteroatoms. The fourth-order valence-electron chi connectivity index (χ4n) is 4.95. The highest BCUT2D eigenvalue weighted by molar-refractivity contribution is 5.47. The van der Waals surface area contributed by atoms with Gasteiger partial charge >= 0.3 is 0 Å². The van der Waals surface area contributed by atoms with E-state index in [1.807, 2.05) is 22.5 Å². The van der Waals surface area contributed by atoms with E-state index in [2.05, 4.69) is 65.9 Å². The molecule has 0 bridgehead atoms. The first-order valence-electron chi connectivity index (χ1n) is 12.6. The molecule has 0 saturated heterocycles. The van der Waals surface area contributed by atoms with Gasteiger partial charge in [0.15, 0.2) is 0 Å². The van der Waals surface area contributed by atoms with E-state index in [1.54, 1.807) is 0 Å². The average Bonchev–Trinajstić information content (AvgIpc) is 3.47. The van der Waals surface area contributed by atoms with Crippen LogP contribution in [0.15, 0.2) is 54.7 Å². The van der Waals surface area contributed by atoms with Crippen molar-refractivity contribution in [2.24, 2.45) is 0 Å². The minimum atomic E-state index is 0.140. The van der Waals surface area contributed by atoms with Crippen LogP contribution in [0.2, 0.25) is 0 Å². The number of nitrogens with one attached hydrogen (secondary N) is 1. The summed E-state index contributed by atoms with van der Waals surface area (Å²) in [6.07, 6.45) is 6.75. The third-order valence-electron chi connectivity index (χ3n) is 6.77. The predicted molar refractivity (Wildman–Crippen MR) is 138 cm³/mol. The van der Waals surface area contributed by atoms with Crippen LogP contribution in [0.5, 0.6) is 0 Å². The Kier molecular flexibility index (Phi) is 6.95. The number of nitrogens with zero attached hydrogens (tertiary/aromatic N) is 5. The first kappa shape index (κ1) is 23.3. The van der Waals surface area contributed by atoms with Gasteiger partial charge in [-0.05, 0) is 87.4 Å². The molecular formula is C28H34N6O. The number of fused-ring (bicyclic) bond motifs is 1. The van der Waals surface area contributed by atoms with Gasteiger partial charge in [-0.25, -0.2) is 9.67 Å². The maximum Gasteiger partial charge on any atom is 0.129 e. The monoisotopic (exact) mass is 470 g/mol. The molecule has 1 aliphatic rings. The summed E-state index contributed by atoms with van der Waals surface area (Å²) >= 11 is 0. The normalized spacial score (nSPS) is 13.9. The second kappa shape index (κ2) is 10.4. The maximum atomic E-state index is 9.75. The van der Waals surface area contributed by atoms with Gasteiger partial charge in [-0.2, -0.15) is 10.2 Å². The van der Waals surface area contributed by atoms with Gasteiger partial charge in [-0.15, -0.1) is 0 Å². The van der Waals surface area contributed by atoms with Crippen LogP contribution < -0.4 is 5.32 Å². The Morgan fingerprint density at radius 2 is 1.91 bits per heavy atom. The first-order chi connectivity index (χ1) is 17.1. The number of rotatable bonds is 9. The fourth-order valence-corrected chi connectivity index (χ4v) is 4.95. The second-order valence-corrected chi connectivity index (χ2v) is 9.51. The second-order valence-electron chi connectivity index (χ2n) is 9.51. The van der Waals surface area contributed by atoms with E-state index in [1.165, 1.54) is 17.5 Å². The van der Waals surface area contributed by atoms with E-state index in [0.29, 0.717) is 6.42 Å². The summed E-state index contributed by atoms with van der Waals surface area (Å²) < 4.78 is 3.98. The van der Waals surface area contributed by atoms with Crippen molar-refractivity contribution in [1.29, 1.82) is 0 Å². The number of aryl methyl sites for hydroxylation is 5. The Labute approximate surface area is 206 Å². The first-order valence-corrected chi connectivity index (χ1v) is 12.6. The lowest BCUT2D eigenvalue weighted by Gasteiger charge is -2.18. The lowest BCUT2D eigenvalue weighted by Crippen LogP contribution is -2.14. The molecule has 182 valence electrons. The third-order valence-corrected chi connectivity index (χ3v) is 6.77. The van der Waals surface area contributed by atoms with Crippen molar-refractivity contribution < 1.29 is 5.11 Å². The molecule has 0 radical (unpaired) electrons. The predicted octanol–water partition coefficient (Wildman–Crippen LogP) is 4.39. The summed E-state index contributed by atoms with van der Waals surface area (Å²) in [4.78, 5) is 4.81. The van der Waals surface area contributed by atoms with Gasteiger partial charge in [0.2, 0.25) is 0 Å². The largest absolute Gasteiger partial charge is 0.396 e. The van der Waals surface area contributed by atoms with Gasteiger partial charge < -0.3 is 10.4 Å². The quantitative estimate of drug-likeness (QED) is 0.379. The summed E-state index contributed by atoms with van der Waals surface area (Å²) in [5.74, 6) is 1.21. The number of aliphatic hydroxyl groups is 1. The number of benzene rings is 1. The minimum absolute atomic E-state index is 0.140. The molecule has 0 fully saturated rings. The summed E-state index contributed by atoms with van der Waals surface area (Å²) in [6, 6.07) is 17.0. The van der Waals surface area contributed by atoms with Crippen molar-refractivity contribution in [1.82, 2.24) is 24.5 Å². The standard InChI is InChI=1S/C28H34N6O/c1-20-17-21(2)34(31-20)27-7-3-5-23(18-27)24(13-16-35)19-33-15-12-26(32-33)11-10-25-9-8-22-6-4-14-29-28(22)30-25/h3,5,7-9,12,15,17-18,24,35H,4,6,10-11,13-14,16,19H2,1-2H3,(H,29,30)/t24-/m1/s1. The zero-order valence-corrected chi connectivity index (χ0v) is 20.6. The van der Waals surface area contributed by atoms with E-state index in [4.69, 9.17) is 10.1 Å². The molecule has 4 heterocycles. The van der Waals surface area contributed by atoms with Crippen LogP contribution in [0.3, 0.4) is 0 Å². The lowest BCUT2D eigenvalue weighted by molar-refractivity contribution is 0.268. The van der Waals surface area contributed by atoms with Crippen LogP contribution in [-0.4, -0.2) is 42.8 Å². The summed E-state index contributed by atoms with van der Waals surface area (Å²) in [7, 11) is 0. The van der Waals surface area contributed by atoms with Gasteiger partial charge in [0, 0.05) is 43.2 Å². The van der Waals surface area contributed by atoms with Crippen LogP contribution in [0, 0.1) is 13.8 Å². The summed E-state index contributed by atoms with van der Waals surface area (Å²) in [6.45, 7) is 5.95. The van der Waals surface area contributed by atoms with Crippen LogP contribution >= 0.6 is 0 Å². The molecule has 0 unspecified atom stereocenters. The Balaban J connectivity index is 1.26. The minimum Gasteiger partial charge on any atom is -0.396 e. The molecule has 3 aromatic heterocycles. The zero-order valence-electron chi connectivity index (χ0n) is 20.6. The molecule has 1 aromatic carbocycles. The Hall–Kier alpha value is -3.45. The van der Waals surface area contributed by atoms with Crippen molar-refractivity contribution in [3.8, 4) is 5.69 Å². The van der Waals surface area contributed by atoms with Gasteiger partial charge in [-0.3, -0.25) is 4.68 Å². The molecular weight excluding hydrogens is 436 g/mol. The van der Waals surface area contributed by atoms with Crippen LogP contribution in [-0.2, 0) is 25.8 Å². The van der Waals surface area contributed by atoms with Crippen molar-refractivity contribution in [3.05, 3.63) is 88.6 Å². The zero-order chi connectivity index (χ0) is 24.2. The van der Waals surface area contributed by atoms with Crippen LogP contribution in [0.4, 0.5) is 5.82 Å². The number of aromatic nitrogens is 5. The third kappa shape index (κ3) is 5.46. The molecule has 5 rings (SSSR count). The van der Waals surface area contributed by atoms with E-state index < -0.39 is 0 Å². The smallest absolute Gasteiger partial charge is 0.129 e. The van der Waals surface area contributed by atoms with Crippen molar-refractivity contribution in [2.45, 2.75) is 58.4 Å². The topological polar surface area (TPSA) is 80.8 Å². The SMILES string of the molecule is Cc1cc(C)n(-c2cccc([C@H](CCO)Cn3ccc(CCc4ccc5c(n4)NCCC5)n3)c2)n1. The van der Waals surface area contributed by atoms with E-state index in [9.17, 15) is 5.11 Å². The summed E-state index contributed by atoms with van der Waals surface area (Å²) in [5.41, 5.74) is 7.84. The number of pyridine rings is 1. The molecule has 0 spiro atoms. The number of aliphatic hydroxyl groups excluding tert-OH is 1.